The number of hydrogen-bond donors (Lipinski definition) is 0. The first-order chi connectivity index (χ1) is 18.2. The number of benzene rings is 2. The number of nitrogens with zero attached hydrogens (tertiary/aromatic N) is 6. The van der Waals surface area contributed by atoms with E-state index < -0.39 is 0 Å². The van der Waals surface area contributed by atoms with Crippen molar-refractivity contribution in [3.05, 3.63) is 83.0 Å². The molecule has 2 aromatic heterocycles. The zero-order chi connectivity index (χ0) is 25.2. The molecular formula is C29H32N6O2. The highest BCUT2D eigenvalue weighted by molar-refractivity contribution is 5.94. The molecule has 0 bridgehead atoms. The van der Waals surface area contributed by atoms with Gasteiger partial charge in [-0.05, 0) is 51.3 Å². The van der Waals surface area contributed by atoms with Gasteiger partial charge in [0.1, 0.15) is 0 Å². The molecule has 0 spiro atoms. The van der Waals surface area contributed by atoms with Gasteiger partial charge in [-0.25, -0.2) is 4.68 Å². The number of aryl methyl sites for hydroxylation is 2. The molecule has 1 aliphatic carbocycles. The summed E-state index contributed by atoms with van der Waals surface area (Å²) in [5.41, 5.74) is 6.18. The number of para-hydroxylation sites is 1. The molecule has 8 nitrogen and oxygen atoms in total. The third-order valence-electron chi connectivity index (χ3n) is 7.44. The van der Waals surface area contributed by atoms with Crippen LogP contribution in [0.4, 0.5) is 0 Å². The molecule has 0 unspecified atom stereocenters. The van der Waals surface area contributed by atoms with Gasteiger partial charge in [-0.1, -0.05) is 53.2 Å². The van der Waals surface area contributed by atoms with E-state index in [1.807, 2.05) is 39.9 Å². The van der Waals surface area contributed by atoms with Crippen molar-refractivity contribution in [3.8, 4) is 17.1 Å². The van der Waals surface area contributed by atoms with Crippen molar-refractivity contribution in [1.29, 1.82) is 0 Å². The van der Waals surface area contributed by atoms with E-state index in [1.54, 1.807) is 0 Å². The summed E-state index contributed by atoms with van der Waals surface area (Å²) >= 11 is 0. The second-order valence-electron chi connectivity index (χ2n) is 9.99. The molecule has 2 aromatic carbocycles. The number of aromatic nitrogens is 4. The zero-order valence-corrected chi connectivity index (χ0v) is 21.3. The van der Waals surface area contributed by atoms with Crippen LogP contribution in [0, 0.1) is 6.92 Å². The normalized spacial score (nSPS) is 15.8. The Morgan fingerprint density at radius 1 is 0.973 bits per heavy atom. The first kappa shape index (κ1) is 23.6. The predicted octanol–water partition coefficient (Wildman–Crippen LogP) is 4.11. The van der Waals surface area contributed by atoms with E-state index in [-0.39, 0.29) is 5.91 Å². The summed E-state index contributed by atoms with van der Waals surface area (Å²) < 4.78 is 7.44. The van der Waals surface area contributed by atoms with Gasteiger partial charge in [-0.2, -0.15) is 10.1 Å². The molecule has 190 valence electrons. The minimum Gasteiger partial charge on any atom is -0.339 e. The van der Waals surface area contributed by atoms with Crippen molar-refractivity contribution < 1.29 is 9.32 Å². The summed E-state index contributed by atoms with van der Waals surface area (Å²) in [6.45, 7) is 6.19. The quantitative estimate of drug-likeness (QED) is 0.383. The molecule has 37 heavy (non-hydrogen) atoms. The summed E-state index contributed by atoms with van der Waals surface area (Å²) in [5.74, 6) is 1.39. The third kappa shape index (κ3) is 4.93. The standard InChI is InChI=1S/C29H32N6O2/c1-21-12-14-22(15-13-21)28-30-26(37-32-28)11-6-16-33-17-19-34(20-18-33)29(36)27-24-9-5-10-25(24)35(31-27)23-7-3-2-4-8-23/h2-4,7-8,12-15H,5-6,9-11,16-20H2,1H3. The number of rotatable bonds is 7. The molecule has 1 saturated heterocycles. The molecule has 1 amide bonds. The molecule has 0 saturated carbocycles. The maximum absolute atomic E-state index is 13.5. The molecule has 0 radical (unpaired) electrons. The largest absolute Gasteiger partial charge is 0.339 e. The summed E-state index contributed by atoms with van der Waals surface area (Å²) in [6, 6.07) is 18.3. The highest BCUT2D eigenvalue weighted by atomic mass is 16.5. The number of piperazine rings is 1. The van der Waals surface area contributed by atoms with Crippen LogP contribution in [0.2, 0.25) is 0 Å². The highest BCUT2D eigenvalue weighted by Crippen LogP contribution is 2.29. The SMILES string of the molecule is Cc1ccc(-c2noc(CCCN3CCN(C(=O)c4nn(-c5ccccc5)c5c4CCC5)CC3)n2)cc1. The first-order valence-corrected chi connectivity index (χ1v) is 13.2. The molecule has 4 aromatic rings. The van der Waals surface area contributed by atoms with Crippen LogP contribution in [0.5, 0.6) is 0 Å². The lowest BCUT2D eigenvalue weighted by Gasteiger charge is -2.34. The average Bonchev–Trinajstić information content (AvgIpc) is 3.67. The van der Waals surface area contributed by atoms with Gasteiger partial charge in [0.05, 0.1) is 5.69 Å². The zero-order valence-electron chi connectivity index (χ0n) is 21.3. The van der Waals surface area contributed by atoms with Crippen LogP contribution in [0.25, 0.3) is 17.1 Å². The molecule has 6 rings (SSSR count). The van der Waals surface area contributed by atoms with Gasteiger partial charge in [0.2, 0.25) is 11.7 Å². The Morgan fingerprint density at radius 2 is 1.76 bits per heavy atom. The van der Waals surface area contributed by atoms with E-state index in [1.165, 1.54) is 11.3 Å². The number of hydrogen-bond acceptors (Lipinski definition) is 6. The molecule has 8 heteroatoms. The molecule has 0 N–H and O–H groups in total. The summed E-state index contributed by atoms with van der Waals surface area (Å²) in [5, 5.41) is 8.93. The van der Waals surface area contributed by atoms with E-state index in [4.69, 9.17) is 9.62 Å². The number of fused-ring (bicyclic) bond motifs is 1. The van der Waals surface area contributed by atoms with Crippen molar-refractivity contribution in [3.63, 3.8) is 0 Å². The lowest BCUT2D eigenvalue weighted by Crippen LogP contribution is -2.49. The van der Waals surface area contributed by atoms with Crippen LogP contribution >= 0.6 is 0 Å². The molecular weight excluding hydrogens is 464 g/mol. The monoisotopic (exact) mass is 496 g/mol. The second kappa shape index (κ2) is 10.3. The predicted molar refractivity (Wildman–Crippen MR) is 141 cm³/mol. The van der Waals surface area contributed by atoms with E-state index in [0.29, 0.717) is 17.4 Å². The van der Waals surface area contributed by atoms with Gasteiger partial charge in [-0.15, -0.1) is 0 Å². The lowest BCUT2D eigenvalue weighted by atomic mass is 10.1. The summed E-state index contributed by atoms with van der Waals surface area (Å²) in [4.78, 5) is 22.4. The number of carbonyl (C=O) groups excluding carboxylic acids is 1. The van der Waals surface area contributed by atoms with Gasteiger partial charge < -0.3 is 9.42 Å². The average molecular weight is 497 g/mol. The van der Waals surface area contributed by atoms with Gasteiger partial charge in [0, 0.05) is 49.4 Å². The van der Waals surface area contributed by atoms with Crippen LogP contribution in [-0.2, 0) is 19.3 Å². The van der Waals surface area contributed by atoms with Crippen molar-refractivity contribution >= 4 is 5.91 Å². The Bertz CT molecular complexity index is 1370. The van der Waals surface area contributed by atoms with Crippen LogP contribution in [0.1, 0.15) is 46.0 Å². The van der Waals surface area contributed by atoms with Crippen molar-refractivity contribution in [2.45, 2.75) is 39.0 Å². The fourth-order valence-corrected chi connectivity index (χ4v) is 5.35. The van der Waals surface area contributed by atoms with Crippen molar-refractivity contribution in [2.75, 3.05) is 32.7 Å². The topological polar surface area (TPSA) is 80.3 Å². The van der Waals surface area contributed by atoms with Crippen molar-refractivity contribution in [2.24, 2.45) is 0 Å². The number of amides is 1. The Balaban J connectivity index is 1.02. The van der Waals surface area contributed by atoms with E-state index in [9.17, 15) is 4.79 Å². The third-order valence-corrected chi connectivity index (χ3v) is 7.44. The Labute approximate surface area is 216 Å². The molecule has 3 heterocycles. The molecule has 2 aliphatic rings. The van der Waals surface area contributed by atoms with Crippen LogP contribution in [-0.4, -0.2) is 68.4 Å². The van der Waals surface area contributed by atoms with Gasteiger partial charge >= 0.3 is 0 Å². The smallest absolute Gasteiger partial charge is 0.274 e. The maximum atomic E-state index is 13.5. The minimum atomic E-state index is 0.0713. The van der Waals surface area contributed by atoms with Gasteiger partial charge in [-0.3, -0.25) is 9.69 Å². The van der Waals surface area contributed by atoms with E-state index in [2.05, 4.69) is 46.2 Å². The lowest BCUT2D eigenvalue weighted by molar-refractivity contribution is 0.0628. The fraction of sp³-hybridized carbons (Fsp3) is 0.379. The maximum Gasteiger partial charge on any atom is 0.274 e. The molecule has 0 atom stereocenters. The van der Waals surface area contributed by atoms with E-state index >= 15 is 0 Å². The Hall–Kier alpha value is -3.78. The van der Waals surface area contributed by atoms with Crippen LogP contribution in [0.3, 0.4) is 0 Å². The highest BCUT2D eigenvalue weighted by Gasteiger charge is 2.31. The molecule has 1 aliphatic heterocycles. The van der Waals surface area contributed by atoms with E-state index in [0.717, 1.165) is 81.6 Å². The summed E-state index contributed by atoms with van der Waals surface area (Å²) in [6.07, 6.45) is 4.69. The Morgan fingerprint density at radius 3 is 2.54 bits per heavy atom. The van der Waals surface area contributed by atoms with Gasteiger partial charge in [0.15, 0.2) is 5.69 Å². The van der Waals surface area contributed by atoms with Crippen LogP contribution in [0.15, 0.2) is 59.1 Å². The van der Waals surface area contributed by atoms with Crippen molar-refractivity contribution in [1.82, 2.24) is 29.7 Å². The fourth-order valence-electron chi connectivity index (χ4n) is 5.35. The molecule has 1 fully saturated rings. The Kier molecular flexibility index (Phi) is 6.57. The number of carbonyl (C=O) groups is 1. The van der Waals surface area contributed by atoms with Gasteiger partial charge in [0.25, 0.3) is 5.91 Å². The summed E-state index contributed by atoms with van der Waals surface area (Å²) in [7, 11) is 0. The van der Waals surface area contributed by atoms with Crippen LogP contribution < -0.4 is 0 Å². The second-order valence-corrected chi connectivity index (χ2v) is 9.99. The minimum absolute atomic E-state index is 0.0713. The first-order valence-electron chi connectivity index (χ1n) is 13.2.